The van der Waals surface area contributed by atoms with Gasteiger partial charge in [0.15, 0.2) is 0 Å². The van der Waals surface area contributed by atoms with Crippen LogP contribution in [-0.2, 0) is 0 Å². The van der Waals surface area contributed by atoms with Crippen LogP contribution < -0.4 is 0 Å². The van der Waals surface area contributed by atoms with E-state index in [-0.39, 0.29) is 5.91 Å². The van der Waals surface area contributed by atoms with Gasteiger partial charge in [0.2, 0.25) is 0 Å². The Morgan fingerprint density at radius 3 is 2.88 bits per heavy atom. The van der Waals surface area contributed by atoms with E-state index < -0.39 is 5.41 Å². The zero-order chi connectivity index (χ0) is 12.3. The van der Waals surface area contributed by atoms with Gasteiger partial charge in [-0.05, 0) is 19.8 Å². The first-order valence-corrected chi connectivity index (χ1v) is 5.60. The predicted molar refractivity (Wildman–Crippen MR) is 60.9 cm³/mol. The molecular weight excluding hydrogens is 216 g/mol. The number of hydrogen-bond acceptors (Lipinski definition) is 4. The number of aromatic nitrogens is 2. The quantitative estimate of drug-likeness (QED) is 0.727. The number of likely N-dealkylation sites (tertiary alicyclic amines) is 1. The van der Waals surface area contributed by atoms with Crippen molar-refractivity contribution < 1.29 is 4.79 Å². The van der Waals surface area contributed by atoms with Crippen LogP contribution in [0.3, 0.4) is 0 Å². The van der Waals surface area contributed by atoms with Crippen LogP contribution in [0.1, 0.15) is 30.1 Å². The molecule has 0 spiro atoms. The topological polar surface area (TPSA) is 69.9 Å². The molecule has 0 radical (unpaired) electrons. The lowest BCUT2D eigenvalue weighted by Gasteiger charge is -2.35. The van der Waals surface area contributed by atoms with E-state index in [2.05, 4.69) is 16.0 Å². The van der Waals surface area contributed by atoms with Gasteiger partial charge in [-0.1, -0.05) is 0 Å². The van der Waals surface area contributed by atoms with Crippen molar-refractivity contribution in [2.75, 3.05) is 13.1 Å². The van der Waals surface area contributed by atoms with Crippen LogP contribution in [0.15, 0.2) is 18.7 Å². The van der Waals surface area contributed by atoms with Crippen LogP contribution in [0.25, 0.3) is 0 Å². The molecule has 5 heteroatoms. The molecule has 0 bridgehead atoms. The largest absolute Gasteiger partial charge is 0.337 e. The van der Waals surface area contributed by atoms with Gasteiger partial charge in [-0.15, -0.1) is 0 Å². The second-order valence-electron chi connectivity index (χ2n) is 4.63. The fraction of sp³-hybridized carbons (Fsp3) is 0.500. The molecule has 1 aliphatic rings. The molecule has 5 nitrogen and oxygen atoms in total. The number of amides is 1. The lowest BCUT2D eigenvalue weighted by Crippen LogP contribution is -2.44. The first kappa shape index (κ1) is 11.5. The molecule has 1 saturated heterocycles. The number of hydrogen-bond donors (Lipinski definition) is 0. The Morgan fingerprint density at radius 2 is 2.24 bits per heavy atom. The van der Waals surface area contributed by atoms with Gasteiger partial charge in [-0.2, -0.15) is 5.26 Å². The van der Waals surface area contributed by atoms with Crippen LogP contribution in [0.2, 0.25) is 0 Å². The number of nitrogens with zero attached hydrogens (tertiary/aromatic N) is 4. The lowest BCUT2D eigenvalue weighted by molar-refractivity contribution is 0.0629. The van der Waals surface area contributed by atoms with E-state index >= 15 is 0 Å². The molecule has 1 aliphatic heterocycles. The molecule has 1 atom stereocenters. The Balaban J connectivity index is 2.14. The minimum absolute atomic E-state index is 0.0909. The van der Waals surface area contributed by atoms with E-state index in [0.717, 1.165) is 12.8 Å². The molecular formula is C12H14N4O. The van der Waals surface area contributed by atoms with Crippen molar-refractivity contribution >= 4 is 5.91 Å². The smallest absolute Gasteiger partial charge is 0.257 e. The van der Waals surface area contributed by atoms with E-state index in [1.165, 1.54) is 18.7 Å². The maximum Gasteiger partial charge on any atom is 0.257 e. The van der Waals surface area contributed by atoms with Crippen LogP contribution in [0.4, 0.5) is 0 Å². The standard InChI is InChI=1S/C12H14N4O/c1-12(7-13)3-2-4-16(8-12)11(17)10-5-14-9-15-6-10/h5-6,9H,2-4,8H2,1H3. The molecule has 0 saturated carbocycles. The monoisotopic (exact) mass is 230 g/mol. The zero-order valence-corrected chi connectivity index (χ0v) is 9.76. The minimum Gasteiger partial charge on any atom is -0.337 e. The summed E-state index contributed by atoms with van der Waals surface area (Å²) in [5.41, 5.74) is 0.0542. The Kier molecular flexibility index (Phi) is 3.05. The predicted octanol–water partition coefficient (Wildman–Crippen LogP) is 1.24. The van der Waals surface area contributed by atoms with Gasteiger partial charge in [0, 0.05) is 25.5 Å². The van der Waals surface area contributed by atoms with E-state index in [9.17, 15) is 4.79 Å². The van der Waals surface area contributed by atoms with Crippen molar-refractivity contribution in [1.29, 1.82) is 5.26 Å². The fourth-order valence-corrected chi connectivity index (χ4v) is 2.10. The number of rotatable bonds is 1. The Hall–Kier alpha value is -1.96. The van der Waals surface area contributed by atoms with E-state index in [0.29, 0.717) is 18.7 Å². The number of carbonyl (C=O) groups excluding carboxylic acids is 1. The average molecular weight is 230 g/mol. The molecule has 2 heterocycles. The van der Waals surface area contributed by atoms with Crippen LogP contribution in [-0.4, -0.2) is 33.9 Å². The maximum atomic E-state index is 12.1. The molecule has 1 unspecified atom stereocenters. The molecule has 17 heavy (non-hydrogen) atoms. The first-order chi connectivity index (χ1) is 8.14. The summed E-state index contributed by atoms with van der Waals surface area (Å²) in [7, 11) is 0. The fourth-order valence-electron chi connectivity index (χ4n) is 2.10. The van der Waals surface area contributed by atoms with E-state index in [1.54, 1.807) is 4.90 Å². The Labute approximate surface area is 100 Å². The van der Waals surface area contributed by atoms with Gasteiger partial charge in [-0.25, -0.2) is 9.97 Å². The van der Waals surface area contributed by atoms with E-state index in [4.69, 9.17) is 5.26 Å². The number of nitriles is 1. The van der Waals surface area contributed by atoms with Gasteiger partial charge in [0.25, 0.3) is 5.91 Å². The summed E-state index contributed by atoms with van der Waals surface area (Å²) in [6.45, 7) is 3.08. The van der Waals surface area contributed by atoms with Crippen molar-refractivity contribution in [3.63, 3.8) is 0 Å². The van der Waals surface area contributed by atoms with Crippen molar-refractivity contribution in [2.24, 2.45) is 5.41 Å². The molecule has 0 aliphatic carbocycles. The molecule has 1 amide bonds. The molecule has 0 N–H and O–H groups in total. The van der Waals surface area contributed by atoms with Gasteiger partial charge in [0.1, 0.15) is 6.33 Å². The Morgan fingerprint density at radius 1 is 1.53 bits per heavy atom. The van der Waals surface area contributed by atoms with Gasteiger partial charge < -0.3 is 4.90 Å². The molecule has 2 rings (SSSR count). The van der Waals surface area contributed by atoms with E-state index in [1.807, 2.05) is 6.92 Å². The third-order valence-electron chi connectivity index (χ3n) is 3.06. The summed E-state index contributed by atoms with van der Waals surface area (Å²) >= 11 is 0. The van der Waals surface area contributed by atoms with Crippen LogP contribution in [0.5, 0.6) is 0 Å². The molecule has 1 aromatic rings. The highest BCUT2D eigenvalue weighted by Gasteiger charge is 2.33. The summed E-state index contributed by atoms with van der Waals surface area (Å²) in [5, 5.41) is 9.11. The Bertz CT molecular complexity index is 453. The summed E-state index contributed by atoms with van der Waals surface area (Å²) in [5.74, 6) is -0.0909. The third kappa shape index (κ3) is 2.41. The second-order valence-corrected chi connectivity index (χ2v) is 4.63. The summed E-state index contributed by atoms with van der Waals surface area (Å²) in [6.07, 6.45) is 6.12. The summed E-state index contributed by atoms with van der Waals surface area (Å²) < 4.78 is 0. The maximum absolute atomic E-state index is 12.1. The number of carbonyl (C=O) groups is 1. The van der Waals surface area contributed by atoms with Crippen LogP contribution in [0, 0.1) is 16.7 Å². The third-order valence-corrected chi connectivity index (χ3v) is 3.06. The summed E-state index contributed by atoms with van der Waals surface area (Å²) in [6, 6.07) is 2.29. The number of piperidine rings is 1. The molecule has 1 aromatic heterocycles. The SMILES string of the molecule is CC1(C#N)CCCN(C(=O)c2cncnc2)C1. The van der Waals surface area contributed by atoms with Crippen molar-refractivity contribution in [3.05, 3.63) is 24.3 Å². The zero-order valence-electron chi connectivity index (χ0n) is 9.76. The van der Waals surface area contributed by atoms with Crippen molar-refractivity contribution in [2.45, 2.75) is 19.8 Å². The molecule has 1 fully saturated rings. The van der Waals surface area contributed by atoms with Gasteiger partial charge in [-0.3, -0.25) is 4.79 Å². The first-order valence-electron chi connectivity index (χ1n) is 5.60. The van der Waals surface area contributed by atoms with Crippen molar-refractivity contribution in [1.82, 2.24) is 14.9 Å². The lowest BCUT2D eigenvalue weighted by atomic mass is 9.83. The molecule has 0 aromatic carbocycles. The summed E-state index contributed by atoms with van der Waals surface area (Å²) in [4.78, 5) is 21.5. The minimum atomic E-state index is -0.427. The van der Waals surface area contributed by atoms with Crippen molar-refractivity contribution in [3.8, 4) is 6.07 Å². The average Bonchev–Trinajstić information content (AvgIpc) is 2.39. The normalized spacial score (nSPS) is 24.1. The van der Waals surface area contributed by atoms with Gasteiger partial charge in [0.05, 0.1) is 17.0 Å². The van der Waals surface area contributed by atoms with Crippen LogP contribution >= 0.6 is 0 Å². The molecule has 88 valence electrons. The second kappa shape index (κ2) is 4.50. The van der Waals surface area contributed by atoms with Gasteiger partial charge >= 0.3 is 0 Å². The highest BCUT2D eigenvalue weighted by atomic mass is 16.2. The highest BCUT2D eigenvalue weighted by Crippen LogP contribution is 2.29. The highest BCUT2D eigenvalue weighted by molar-refractivity contribution is 5.93.